The van der Waals surface area contributed by atoms with Crippen molar-refractivity contribution in [1.29, 1.82) is 0 Å². The van der Waals surface area contributed by atoms with Crippen LogP contribution in [-0.2, 0) is 20.0 Å². The number of halogens is 1. The molecule has 1 aromatic carbocycles. The molecule has 0 bridgehead atoms. The summed E-state index contributed by atoms with van der Waals surface area (Å²) in [7, 11) is 1.99. The highest BCUT2D eigenvalue weighted by Crippen LogP contribution is 2.31. The molecule has 1 unspecified atom stereocenters. The van der Waals surface area contributed by atoms with Crippen LogP contribution in [0.25, 0.3) is 0 Å². The van der Waals surface area contributed by atoms with E-state index in [-0.39, 0.29) is 6.04 Å². The maximum Gasteiger partial charge on any atom is 0.149 e. The molecule has 5 heteroatoms. The largest absolute Gasteiger partial charge is 0.319 e. The number of rotatable bonds is 2. The van der Waals surface area contributed by atoms with Crippen molar-refractivity contribution in [3.05, 3.63) is 46.0 Å². The van der Waals surface area contributed by atoms with Crippen LogP contribution in [0.15, 0.2) is 18.5 Å². The van der Waals surface area contributed by atoms with Gasteiger partial charge in [0, 0.05) is 25.2 Å². The highest BCUT2D eigenvalue weighted by molar-refractivity contribution is 6.31. The molecule has 0 spiro atoms. The minimum absolute atomic E-state index is 0.258. The van der Waals surface area contributed by atoms with E-state index in [1.54, 1.807) is 6.33 Å². The van der Waals surface area contributed by atoms with Crippen LogP contribution in [0, 0.1) is 6.92 Å². The Kier molecular flexibility index (Phi) is 3.52. The summed E-state index contributed by atoms with van der Waals surface area (Å²) in [5.74, 6) is 1.01. The zero-order valence-corrected chi connectivity index (χ0v) is 12.9. The summed E-state index contributed by atoms with van der Waals surface area (Å²) in [6.07, 6.45) is 2.82. The second-order valence-corrected chi connectivity index (χ2v) is 5.91. The van der Waals surface area contributed by atoms with Crippen molar-refractivity contribution in [2.24, 2.45) is 7.05 Å². The summed E-state index contributed by atoms with van der Waals surface area (Å²) in [4.78, 5) is 2.44. The van der Waals surface area contributed by atoms with Crippen molar-refractivity contribution >= 4 is 11.6 Å². The van der Waals surface area contributed by atoms with Gasteiger partial charge in [0.1, 0.15) is 12.2 Å². The fraction of sp³-hybridized carbons (Fsp3) is 0.467. The quantitative estimate of drug-likeness (QED) is 0.853. The molecule has 0 saturated carbocycles. The van der Waals surface area contributed by atoms with Crippen molar-refractivity contribution in [2.45, 2.75) is 32.9 Å². The normalized spacial score (nSPS) is 17.0. The van der Waals surface area contributed by atoms with Gasteiger partial charge in [-0.05, 0) is 43.0 Å². The van der Waals surface area contributed by atoms with Crippen LogP contribution in [0.3, 0.4) is 0 Å². The molecule has 0 N–H and O–H groups in total. The number of aromatic nitrogens is 3. The van der Waals surface area contributed by atoms with E-state index in [9.17, 15) is 0 Å². The Bertz CT molecular complexity index is 635. The lowest BCUT2D eigenvalue weighted by molar-refractivity contribution is 0.182. The second-order valence-electron chi connectivity index (χ2n) is 5.51. The number of benzene rings is 1. The standard InChI is InChI=1S/C15H19ClN4/c1-10-13-8-20(7-6-12(13)4-5-14(10)16)11(2)15-18-17-9-19(15)3/h4-5,9,11H,6-8H2,1-3H3. The summed E-state index contributed by atoms with van der Waals surface area (Å²) in [5, 5.41) is 9.07. The van der Waals surface area contributed by atoms with Gasteiger partial charge in [0.2, 0.25) is 0 Å². The van der Waals surface area contributed by atoms with Gasteiger partial charge in [-0.1, -0.05) is 17.7 Å². The Balaban J connectivity index is 1.89. The third-order valence-corrected chi connectivity index (χ3v) is 4.74. The molecule has 2 aromatic rings. The van der Waals surface area contributed by atoms with E-state index in [0.29, 0.717) is 0 Å². The number of hydrogen-bond acceptors (Lipinski definition) is 3. The fourth-order valence-corrected chi connectivity index (χ4v) is 3.13. The fourth-order valence-electron chi connectivity index (χ4n) is 2.95. The average molecular weight is 291 g/mol. The molecule has 1 aliphatic rings. The molecule has 0 fully saturated rings. The molecule has 1 atom stereocenters. The summed E-state index contributed by atoms with van der Waals surface area (Å²) >= 11 is 6.25. The maximum atomic E-state index is 6.25. The lowest BCUT2D eigenvalue weighted by Gasteiger charge is -2.34. The zero-order valence-electron chi connectivity index (χ0n) is 12.1. The minimum atomic E-state index is 0.258. The Morgan fingerprint density at radius 3 is 2.85 bits per heavy atom. The van der Waals surface area contributed by atoms with Gasteiger partial charge in [0.15, 0.2) is 0 Å². The lowest BCUT2D eigenvalue weighted by Crippen LogP contribution is -2.34. The Morgan fingerprint density at radius 2 is 2.15 bits per heavy atom. The predicted molar refractivity (Wildman–Crippen MR) is 79.7 cm³/mol. The van der Waals surface area contributed by atoms with Crippen molar-refractivity contribution in [2.75, 3.05) is 6.54 Å². The van der Waals surface area contributed by atoms with Crippen LogP contribution in [0.5, 0.6) is 0 Å². The summed E-state index contributed by atoms with van der Waals surface area (Å²) in [6.45, 7) is 6.27. The van der Waals surface area contributed by atoms with Crippen molar-refractivity contribution in [3.63, 3.8) is 0 Å². The van der Waals surface area contributed by atoms with E-state index >= 15 is 0 Å². The van der Waals surface area contributed by atoms with Crippen LogP contribution in [0.2, 0.25) is 5.02 Å². The molecule has 1 aliphatic heterocycles. The van der Waals surface area contributed by atoms with E-state index in [0.717, 1.165) is 30.4 Å². The molecular formula is C15H19ClN4. The number of fused-ring (bicyclic) bond motifs is 1. The van der Waals surface area contributed by atoms with E-state index in [2.05, 4.69) is 35.0 Å². The van der Waals surface area contributed by atoms with Crippen LogP contribution in [0.4, 0.5) is 0 Å². The van der Waals surface area contributed by atoms with E-state index < -0.39 is 0 Å². The zero-order chi connectivity index (χ0) is 14.3. The van der Waals surface area contributed by atoms with Crippen LogP contribution < -0.4 is 0 Å². The Labute approximate surface area is 124 Å². The predicted octanol–water partition coefficient (Wildman–Crippen LogP) is 2.90. The molecule has 0 saturated heterocycles. The third-order valence-electron chi connectivity index (χ3n) is 4.33. The summed E-state index contributed by atoms with van der Waals surface area (Å²) in [6, 6.07) is 4.43. The van der Waals surface area contributed by atoms with Gasteiger partial charge in [0.25, 0.3) is 0 Å². The molecular weight excluding hydrogens is 272 g/mol. The Morgan fingerprint density at radius 1 is 1.35 bits per heavy atom. The van der Waals surface area contributed by atoms with E-state index in [1.165, 1.54) is 16.7 Å². The number of aryl methyl sites for hydroxylation is 1. The van der Waals surface area contributed by atoms with E-state index in [4.69, 9.17) is 11.6 Å². The molecule has 4 nitrogen and oxygen atoms in total. The molecule has 0 amide bonds. The van der Waals surface area contributed by atoms with Gasteiger partial charge in [-0.25, -0.2) is 0 Å². The van der Waals surface area contributed by atoms with Gasteiger partial charge in [-0.15, -0.1) is 10.2 Å². The molecule has 20 heavy (non-hydrogen) atoms. The maximum absolute atomic E-state index is 6.25. The van der Waals surface area contributed by atoms with Gasteiger partial charge in [-0.2, -0.15) is 0 Å². The minimum Gasteiger partial charge on any atom is -0.319 e. The molecule has 106 valence electrons. The monoisotopic (exact) mass is 290 g/mol. The Hall–Kier alpha value is -1.39. The number of nitrogens with zero attached hydrogens (tertiary/aromatic N) is 4. The van der Waals surface area contributed by atoms with Gasteiger partial charge in [-0.3, -0.25) is 4.90 Å². The van der Waals surface area contributed by atoms with Gasteiger partial charge >= 0.3 is 0 Å². The topological polar surface area (TPSA) is 34.0 Å². The van der Waals surface area contributed by atoms with Crippen molar-refractivity contribution in [3.8, 4) is 0 Å². The summed E-state index contributed by atoms with van der Waals surface area (Å²) in [5.41, 5.74) is 4.00. The molecule has 2 heterocycles. The first-order valence-corrected chi connectivity index (χ1v) is 7.30. The van der Waals surface area contributed by atoms with Crippen LogP contribution in [-0.4, -0.2) is 26.2 Å². The SMILES string of the molecule is Cc1c(Cl)ccc2c1CN(C(C)c1nncn1C)CC2. The highest BCUT2D eigenvalue weighted by atomic mass is 35.5. The van der Waals surface area contributed by atoms with Crippen LogP contribution >= 0.6 is 11.6 Å². The van der Waals surface area contributed by atoms with E-state index in [1.807, 2.05) is 17.7 Å². The second kappa shape index (κ2) is 5.19. The first-order valence-electron chi connectivity index (χ1n) is 6.92. The van der Waals surface area contributed by atoms with Gasteiger partial charge < -0.3 is 4.57 Å². The van der Waals surface area contributed by atoms with Gasteiger partial charge in [0.05, 0.1) is 6.04 Å². The molecule has 1 aromatic heterocycles. The van der Waals surface area contributed by atoms with Crippen molar-refractivity contribution in [1.82, 2.24) is 19.7 Å². The number of hydrogen-bond donors (Lipinski definition) is 0. The molecule has 0 aliphatic carbocycles. The first-order chi connectivity index (χ1) is 9.58. The molecule has 0 radical (unpaired) electrons. The summed E-state index contributed by atoms with van der Waals surface area (Å²) < 4.78 is 1.99. The highest BCUT2D eigenvalue weighted by Gasteiger charge is 2.25. The lowest BCUT2D eigenvalue weighted by atomic mass is 9.94. The third kappa shape index (κ3) is 2.23. The van der Waals surface area contributed by atoms with Crippen LogP contribution in [0.1, 0.15) is 35.5 Å². The van der Waals surface area contributed by atoms with Crippen molar-refractivity contribution < 1.29 is 0 Å². The average Bonchev–Trinajstić information content (AvgIpc) is 2.88. The first kappa shape index (κ1) is 13.6. The smallest absolute Gasteiger partial charge is 0.149 e. The molecule has 3 rings (SSSR count).